The maximum absolute atomic E-state index is 11.1. The minimum Gasteiger partial charge on any atom is -0.443 e. The van der Waals surface area contributed by atoms with Gasteiger partial charge in [-0.25, -0.2) is 4.79 Å². The van der Waals surface area contributed by atoms with Crippen LogP contribution in [0.15, 0.2) is 12.2 Å². The number of ether oxygens (including phenoxy) is 1. The van der Waals surface area contributed by atoms with E-state index >= 15 is 0 Å². The Hall–Kier alpha value is -0.830. The summed E-state index contributed by atoms with van der Waals surface area (Å²) in [6, 6.07) is 0.605. The predicted octanol–water partition coefficient (Wildman–Crippen LogP) is 1.55. The van der Waals surface area contributed by atoms with Crippen molar-refractivity contribution >= 4 is 5.97 Å². The lowest BCUT2D eigenvalue weighted by Gasteiger charge is -2.14. The van der Waals surface area contributed by atoms with Gasteiger partial charge < -0.3 is 4.74 Å². The number of hydrogen-bond acceptors (Lipinski definition) is 3. The Morgan fingerprint density at radius 1 is 1.77 bits per heavy atom. The maximum atomic E-state index is 11.1. The molecular formula is C10H17NO2. The Morgan fingerprint density at radius 2 is 2.38 bits per heavy atom. The molecule has 3 atom stereocenters. The summed E-state index contributed by atoms with van der Waals surface area (Å²) in [4.78, 5) is 13.3. The van der Waals surface area contributed by atoms with Gasteiger partial charge in [0.1, 0.15) is 0 Å². The van der Waals surface area contributed by atoms with Crippen LogP contribution in [-0.2, 0) is 9.53 Å². The summed E-state index contributed by atoms with van der Waals surface area (Å²) in [5.74, 6) is -0.297. The van der Waals surface area contributed by atoms with E-state index < -0.39 is 0 Å². The summed E-state index contributed by atoms with van der Waals surface area (Å²) in [6.07, 6.45) is 1.02. The highest BCUT2D eigenvalue weighted by molar-refractivity contribution is 5.87. The second-order valence-corrected chi connectivity index (χ2v) is 3.54. The first kappa shape index (κ1) is 10.3. The fourth-order valence-corrected chi connectivity index (χ4v) is 1.33. The van der Waals surface area contributed by atoms with Gasteiger partial charge in [0.05, 0.1) is 0 Å². The number of carbonyl (C=O) groups excluding carboxylic acids is 1. The normalized spacial score (nSPS) is 27.9. The standard InChI is InChI=1S/C10H17NO2/c1-5-9-6-11(9)8(4)13-10(12)7(2)3/h8-9H,2,5-6H2,1,3-4H3. The second-order valence-electron chi connectivity index (χ2n) is 3.54. The third kappa shape index (κ3) is 2.56. The molecule has 0 aromatic rings. The summed E-state index contributed by atoms with van der Waals surface area (Å²) in [7, 11) is 0. The monoisotopic (exact) mass is 183 g/mol. The molecule has 3 unspecified atom stereocenters. The molecule has 0 amide bonds. The maximum Gasteiger partial charge on any atom is 0.334 e. The summed E-state index contributed by atoms with van der Waals surface area (Å²) < 4.78 is 5.16. The quantitative estimate of drug-likeness (QED) is 0.376. The topological polar surface area (TPSA) is 29.3 Å². The molecule has 0 bridgehead atoms. The Bertz CT molecular complexity index is 225. The molecule has 0 aromatic carbocycles. The number of carbonyl (C=O) groups is 1. The van der Waals surface area contributed by atoms with Crippen LogP contribution in [0.25, 0.3) is 0 Å². The number of esters is 1. The number of rotatable bonds is 4. The van der Waals surface area contributed by atoms with Gasteiger partial charge in [-0.3, -0.25) is 4.90 Å². The predicted molar refractivity (Wildman–Crippen MR) is 51.2 cm³/mol. The van der Waals surface area contributed by atoms with Gasteiger partial charge in [-0.1, -0.05) is 13.5 Å². The average Bonchev–Trinajstić information content (AvgIpc) is 2.82. The van der Waals surface area contributed by atoms with Crippen LogP contribution in [0.1, 0.15) is 27.2 Å². The Kier molecular flexibility index (Phi) is 3.09. The van der Waals surface area contributed by atoms with Crippen LogP contribution in [-0.4, -0.2) is 29.7 Å². The Balaban J connectivity index is 2.30. The summed E-state index contributed by atoms with van der Waals surface area (Å²) in [5, 5.41) is 0. The molecule has 1 rings (SSSR count). The first-order valence-corrected chi connectivity index (χ1v) is 4.68. The van der Waals surface area contributed by atoms with Gasteiger partial charge in [0.2, 0.25) is 0 Å². The van der Waals surface area contributed by atoms with Gasteiger partial charge in [0.15, 0.2) is 6.23 Å². The SMILES string of the molecule is C=C(C)C(=O)OC(C)N1CC1CC. The van der Waals surface area contributed by atoms with Crippen molar-refractivity contribution in [3.8, 4) is 0 Å². The van der Waals surface area contributed by atoms with Crippen LogP contribution < -0.4 is 0 Å². The summed E-state index contributed by atoms with van der Waals surface area (Å²) >= 11 is 0. The molecule has 0 N–H and O–H groups in total. The van der Waals surface area contributed by atoms with E-state index in [1.54, 1.807) is 6.92 Å². The van der Waals surface area contributed by atoms with E-state index in [4.69, 9.17) is 4.74 Å². The van der Waals surface area contributed by atoms with E-state index in [0.29, 0.717) is 11.6 Å². The largest absolute Gasteiger partial charge is 0.443 e. The van der Waals surface area contributed by atoms with Crippen molar-refractivity contribution in [1.82, 2.24) is 4.90 Å². The van der Waals surface area contributed by atoms with Crippen LogP contribution in [0.3, 0.4) is 0 Å². The fourth-order valence-electron chi connectivity index (χ4n) is 1.33. The van der Waals surface area contributed by atoms with Gasteiger partial charge >= 0.3 is 5.97 Å². The lowest BCUT2D eigenvalue weighted by molar-refractivity contribution is -0.148. The molecule has 1 aliphatic rings. The van der Waals surface area contributed by atoms with Crippen molar-refractivity contribution in [3.63, 3.8) is 0 Å². The van der Waals surface area contributed by atoms with Crippen molar-refractivity contribution in [2.24, 2.45) is 0 Å². The zero-order valence-corrected chi connectivity index (χ0v) is 8.54. The highest BCUT2D eigenvalue weighted by atomic mass is 16.6. The average molecular weight is 183 g/mol. The molecule has 1 fully saturated rings. The van der Waals surface area contributed by atoms with Crippen molar-refractivity contribution in [1.29, 1.82) is 0 Å². The fraction of sp³-hybridized carbons (Fsp3) is 0.700. The van der Waals surface area contributed by atoms with E-state index in [1.807, 2.05) is 6.92 Å². The Labute approximate surface area is 79.4 Å². The van der Waals surface area contributed by atoms with Crippen molar-refractivity contribution in [2.45, 2.75) is 39.5 Å². The molecule has 0 aromatic heterocycles. The third-order valence-electron chi connectivity index (χ3n) is 2.32. The molecule has 3 heteroatoms. The van der Waals surface area contributed by atoms with E-state index in [9.17, 15) is 4.79 Å². The van der Waals surface area contributed by atoms with Gasteiger partial charge in [0.25, 0.3) is 0 Å². The van der Waals surface area contributed by atoms with E-state index in [0.717, 1.165) is 13.0 Å². The lowest BCUT2D eigenvalue weighted by atomic mass is 10.3. The van der Waals surface area contributed by atoms with Crippen LogP contribution in [0.4, 0.5) is 0 Å². The van der Waals surface area contributed by atoms with Crippen molar-refractivity contribution in [2.75, 3.05) is 6.54 Å². The number of hydrogen-bond donors (Lipinski definition) is 0. The molecule has 3 nitrogen and oxygen atoms in total. The van der Waals surface area contributed by atoms with E-state index in [2.05, 4.69) is 18.4 Å². The first-order chi connectivity index (χ1) is 6.06. The number of nitrogens with zero attached hydrogens (tertiary/aromatic N) is 1. The zero-order valence-electron chi connectivity index (χ0n) is 8.54. The first-order valence-electron chi connectivity index (χ1n) is 4.68. The minimum absolute atomic E-state index is 0.103. The molecule has 0 radical (unpaired) electrons. The third-order valence-corrected chi connectivity index (χ3v) is 2.32. The molecule has 13 heavy (non-hydrogen) atoms. The highest BCUT2D eigenvalue weighted by Crippen LogP contribution is 2.24. The van der Waals surface area contributed by atoms with Crippen molar-refractivity contribution in [3.05, 3.63) is 12.2 Å². The molecule has 0 saturated carbocycles. The summed E-state index contributed by atoms with van der Waals surface area (Å²) in [5.41, 5.74) is 0.460. The summed E-state index contributed by atoms with van der Waals surface area (Å²) in [6.45, 7) is 10.3. The highest BCUT2D eigenvalue weighted by Gasteiger charge is 2.37. The molecule has 0 aliphatic carbocycles. The lowest BCUT2D eigenvalue weighted by Crippen LogP contribution is -2.24. The van der Waals surface area contributed by atoms with Gasteiger partial charge in [0, 0.05) is 18.2 Å². The Morgan fingerprint density at radius 3 is 2.77 bits per heavy atom. The zero-order chi connectivity index (χ0) is 10.0. The van der Waals surface area contributed by atoms with E-state index in [1.165, 1.54) is 0 Å². The van der Waals surface area contributed by atoms with E-state index in [-0.39, 0.29) is 12.2 Å². The molecule has 1 aliphatic heterocycles. The van der Waals surface area contributed by atoms with Crippen LogP contribution in [0, 0.1) is 0 Å². The van der Waals surface area contributed by atoms with Crippen LogP contribution >= 0.6 is 0 Å². The molecule has 1 heterocycles. The van der Waals surface area contributed by atoms with Crippen LogP contribution in [0.5, 0.6) is 0 Å². The molecule has 1 saturated heterocycles. The minimum atomic E-state index is -0.297. The van der Waals surface area contributed by atoms with Gasteiger partial charge in [-0.15, -0.1) is 0 Å². The molecular weight excluding hydrogens is 166 g/mol. The van der Waals surface area contributed by atoms with Crippen LogP contribution in [0.2, 0.25) is 0 Å². The molecule has 0 spiro atoms. The van der Waals surface area contributed by atoms with Crippen molar-refractivity contribution < 1.29 is 9.53 Å². The smallest absolute Gasteiger partial charge is 0.334 e. The van der Waals surface area contributed by atoms with Gasteiger partial charge in [-0.05, 0) is 20.3 Å². The van der Waals surface area contributed by atoms with Gasteiger partial charge in [-0.2, -0.15) is 0 Å². The molecule has 74 valence electrons. The second kappa shape index (κ2) is 3.92.